The quantitative estimate of drug-likeness (QED) is 0.862. The summed E-state index contributed by atoms with van der Waals surface area (Å²) in [4.78, 5) is 4.25. The van der Waals surface area contributed by atoms with Gasteiger partial charge in [-0.1, -0.05) is 13.8 Å². The molecule has 0 N–H and O–H groups in total. The van der Waals surface area contributed by atoms with Gasteiger partial charge in [-0.05, 0) is 21.8 Å². The molecule has 0 unspecified atom stereocenters. The topological polar surface area (TPSA) is 48.5 Å². The predicted octanol–water partition coefficient (Wildman–Crippen LogP) is 1.94. The van der Waals surface area contributed by atoms with Gasteiger partial charge in [-0.3, -0.25) is 4.68 Å². The van der Waals surface area contributed by atoms with Gasteiger partial charge < -0.3 is 0 Å². The number of rotatable bonds is 4. The molecular formula is C10H14BrN5. The van der Waals surface area contributed by atoms with E-state index in [9.17, 15) is 0 Å². The van der Waals surface area contributed by atoms with Crippen molar-refractivity contribution in [2.24, 2.45) is 5.92 Å². The number of nitrogens with zero attached hydrogens (tertiary/aromatic N) is 5. The van der Waals surface area contributed by atoms with Crippen LogP contribution in [0.25, 0.3) is 0 Å². The Balaban J connectivity index is 2.12. The van der Waals surface area contributed by atoms with Crippen molar-refractivity contribution < 1.29 is 0 Å². The van der Waals surface area contributed by atoms with Gasteiger partial charge >= 0.3 is 0 Å². The lowest BCUT2D eigenvalue weighted by atomic mass is 10.2. The van der Waals surface area contributed by atoms with Crippen molar-refractivity contribution in [3.63, 3.8) is 0 Å². The first kappa shape index (κ1) is 11.3. The number of hydrogen-bond acceptors (Lipinski definition) is 3. The molecule has 0 aliphatic carbocycles. The maximum atomic E-state index is 4.25. The van der Waals surface area contributed by atoms with Crippen LogP contribution in [0.4, 0.5) is 0 Å². The van der Waals surface area contributed by atoms with E-state index in [-0.39, 0.29) is 0 Å². The molecule has 0 aliphatic rings. The van der Waals surface area contributed by atoms with E-state index in [1.54, 1.807) is 12.5 Å². The molecular weight excluding hydrogens is 270 g/mol. The van der Waals surface area contributed by atoms with Gasteiger partial charge in [-0.25, -0.2) is 9.67 Å². The summed E-state index contributed by atoms with van der Waals surface area (Å²) in [5.74, 6) is 1.49. The average molecular weight is 284 g/mol. The molecule has 2 aromatic heterocycles. The van der Waals surface area contributed by atoms with Crippen LogP contribution >= 0.6 is 15.9 Å². The van der Waals surface area contributed by atoms with Crippen LogP contribution in [-0.2, 0) is 13.1 Å². The molecule has 0 radical (unpaired) electrons. The van der Waals surface area contributed by atoms with E-state index in [1.165, 1.54) is 0 Å². The number of aromatic nitrogens is 5. The zero-order valence-corrected chi connectivity index (χ0v) is 10.9. The molecule has 0 saturated heterocycles. The Labute approximate surface area is 103 Å². The summed E-state index contributed by atoms with van der Waals surface area (Å²) in [5, 5.41) is 8.41. The largest absolute Gasteiger partial charge is 0.264 e. The molecule has 0 aromatic carbocycles. The summed E-state index contributed by atoms with van der Waals surface area (Å²) in [7, 11) is 0. The fraction of sp³-hybridized carbons (Fsp3) is 0.500. The van der Waals surface area contributed by atoms with Crippen molar-refractivity contribution in [3.05, 3.63) is 29.0 Å². The van der Waals surface area contributed by atoms with Crippen LogP contribution in [0.1, 0.15) is 19.7 Å². The van der Waals surface area contributed by atoms with Crippen molar-refractivity contribution in [1.82, 2.24) is 24.5 Å². The summed E-state index contributed by atoms with van der Waals surface area (Å²) < 4.78 is 4.74. The lowest BCUT2D eigenvalue weighted by Crippen LogP contribution is -2.13. The van der Waals surface area contributed by atoms with E-state index < -0.39 is 0 Å². The lowest BCUT2D eigenvalue weighted by Gasteiger charge is -2.08. The van der Waals surface area contributed by atoms with Gasteiger partial charge in [-0.2, -0.15) is 10.2 Å². The van der Waals surface area contributed by atoms with Gasteiger partial charge in [0, 0.05) is 12.7 Å². The van der Waals surface area contributed by atoms with E-state index in [0.717, 1.165) is 16.8 Å². The zero-order valence-electron chi connectivity index (χ0n) is 9.34. The maximum absolute atomic E-state index is 4.25. The summed E-state index contributed by atoms with van der Waals surface area (Å²) in [6.07, 6.45) is 5.29. The third kappa shape index (κ3) is 2.69. The maximum Gasteiger partial charge on any atom is 0.148 e. The second kappa shape index (κ2) is 4.78. The van der Waals surface area contributed by atoms with Gasteiger partial charge in [-0.15, -0.1) is 0 Å². The van der Waals surface area contributed by atoms with Crippen LogP contribution in [-0.4, -0.2) is 24.5 Å². The molecule has 0 fully saturated rings. The standard InChI is InChI=1S/C10H14BrN5/c1-8(2)4-16-10(12-7-14-16)6-15-5-9(11)3-13-15/h3,5,7-8H,4,6H2,1-2H3. The molecule has 86 valence electrons. The molecule has 0 saturated carbocycles. The Kier molecular flexibility index (Phi) is 3.38. The smallest absolute Gasteiger partial charge is 0.148 e. The molecule has 5 nitrogen and oxygen atoms in total. The average Bonchev–Trinajstić information content (AvgIpc) is 2.77. The fourth-order valence-electron chi connectivity index (χ4n) is 1.48. The molecule has 0 bridgehead atoms. The fourth-order valence-corrected chi connectivity index (χ4v) is 1.81. The minimum absolute atomic E-state index is 0.560. The SMILES string of the molecule is CC(C)Cn1ncnc1Cn1cc(Br)cn1. The Morgan fingerprint density at radius 1 is 1.38 bits per heavy atom. The highest BCUT2D eigenvalue weighted by Crippen LogP contribution is 2.08. The van der Waals surface area contributed by atoms with E-state index in [4.69, 9.17) is 0 Å². The molecule has 2 rings (SSSR count). The molecule has 16 heavy (non-hydrogen) atoms. The van der Waals surface area contributed by atoms with Gasteiger partial charge in [0.1, 0.15) is 18.7 Å². The molecule has 0 spiro atoms. The summed E-state index contributed by atoms with van der Waals surface area (Å²) in [5.41, 5.74) is 0. The normalized spacial score (nSPS) is 11.2. The lowest BCUT2D eigenvalue weighted by molar-refractivity contribution is 0.456. The highest BCUT2D eigenvalue weighted by atomic mass is 79.9. The van der Waals surface area contributed by atoms with Crippen molar-refractivity contribution in [3.8, 4) is 0 Å². The second-order valence-electron chi connectivity index (χ2n) is 4.11. The van der Waals surface area contributed by atoms with Crippen LogP contribution in [0.5, 0.6) is 0 Å². The van der Waals surface area contributed by atoms with Crippen LogP contribution in [0, 0.1) is 5.92 Å². The Morgan fingerprint density at radius 3 is 2.81 bits per heavy atom. The minimum Gasteiger partial charge on any atom is -0.264 e. The van der Waals surface area contributed by atoms with E-state index in [0.29, 0.717) is 12.5 Å². The summed E-state index contributed by atoms with van der Waals surface area (Å²) >= 11 is 3.37. The molecule has 0 aliphatic heterocycles. The first-order valence-electron chi connectivity index (χ1n) is 5.20. The third-order valence-corrected chi connectivity index (χ3v) is 2.55. The van der Waals surface area contributed by atoms with Crippen LogP contribution < -0.4 is 0 Å². The Bertz CT molecular complexity index is 459. The van der Waals surface area contributed by atoms with E-state index in [1.807, 2.05) is 15.6 Å². The van der Waals surface area contributed by atoms with E-state index >= 15 is 0 Å². The third-order valence-electron chi connectivity index (χ3n) is 2.14. The molecule has 0 atom stereocenters. The first-order chi connectivity index (χ1) is 7.65. The van der Waals surface area contributed by atoms with Crippen LogP contribution in [0.3, 0.4) is 0 Å². The molecule has 0 amide bonds. The first-order valence-corrected chi connectivity index (χ1v) is 5.99. The number of halogens is 1. The van der Waals surface area contributed by atoms with Crippen LogP contribution in [0.2, 0.25) is 0 Å². The molecule has 2 heterocycles. The van der Waals surface area contributed by atoms with Gasteiger partial charge in [0.2, 0.25) is 0 Å². The Morgan fingerprint density at radius 2 is 2.19 bits per heavy atom. The van der Waals surface area contributed by atoms with Crippen molar-refractivity contribution in [2.75, 3.05) is 0 Å². The van der Waals surface area contributed by atoms with Gasteiger partial charge in [0.05, 0.1) is 10.7 Å². The van der Waals surface area contributed by atoms with Gasteiger partial charge in [0.25, 0.3) is 0 Å². The van der Waals surface area contributed by atoms with Crippen molar-refractivity contribution >= 4 is 15.9 Å². The van der Waals surface area contributed by atoms with Crippen LogP contribution in [0.15, 0.2) is 23.2 Å². The van der Waals surface area contributed by atoms with Crippen molar-refractivity contribution in [2.45, 2.75) is 26.9 Å². The van der Waals surface area contributed by atoms with Gasteiger partial charge in [0.15, 0.2) is 0 Å². The Hall–Kier alpha value is -1.17. The van der Waals surface area contributed by atoms with E-state index in [2.05, 4.69) is 45.0 Å². The number of hydrogen-bond donors (Lipinski definition) is 0. The zero-order chi connectivity index (χ0) is 11.5. The van der Waals surface area contributed by atoms with Crippen molar-refractivity contribution in [1.29, 1.82) is 0 Å². The second-order valence-corrected chi connectivity index (χ2v) is 5.02. The summed E-state index contributed by atoms with van der Waals surface area (Å²) in [6, 6.07) is 0. The monoisotopic (exact) mass is 283 g/mol. The minimum atomic E-state index is 0.560. The predicted molar refractivity (Wildman–Crippen MR) is 63.9 cm³/mol. The molecule has 2 aromatic rings. The molecule has 6 heteroatoms. The highest BCUT2D eigenvalue weighted by molar-refractivity contribution is 9.10. The summed E-state index contributed by atoms with van der Waals surface area (Å²) in [6.45, 7) is 5.86. The highest BCUT2D eigenvalue weighted by Gasteiger charge is 2.07.